The van der Waals surface area contributed by atoms with Gasteiger partial charge in [-0.1, -0.05) is 6.92 Å². The zero-order valence-electron chi connectivity index (χ0n) is 18.6. The van der Waals surface area contributed by atoms with Crippen LogP contribution in [0.2, 0.25) is 0 Å². The van der Waals surface area contributed by atoms with Crippen LogP contribution >= 0.6 is 0 Å². The minimum Gasteiger partial charge on any atom is -0.494 e. The van der Waals surface area contributed by atoms with E-state index < -0.39 is 5.97 Å². The van der Waals surface area contributed by atoms with Crippen molar-refractivity contribution in [2.24, 2.45) is 5.10 Å². The van der Waals surface area contributed by atoms with Crippen molar-refractivity contribution in [3.8, 4) is 17.2 Å². The summed E-state index contributed by atoms with van der Waals surface area (Å²) in [6.07, 6.45) is 2.43. The van der Waals surface area contributed by atoms with Crippen LogP contribution in [0.15, 0.2) is 77.9 Å². The summed E-state index contributed by atoms with van der Waals surface area (Å²) >= 11 is 0. The Bertz CT molecular complexity index is 1080. The summed E-state index contributed by atoms with van der Waals surface area (Å²) in [5, 5.41) is 3.98. The van der Waals surface area contributed by atoms with E-state index in [-0.39, 0.29) is 5.91 Å². The number of hydrogen-bond acceptors (Lipinski definition) is 6. The fourth-order valence-corrected chi connectivity index (χ4v) is 2.79. The number of rotatable bonds is 10. The Hall–Kier alpha value is -4.13. The zero-order chi connectivity index (χ0) is 23.5. The van der Waals surface area contributed by atoms with Crippen molar-refractivity contribution in [2.75, 3.05) is 13.2 Å². The van der Waals surface area contributed by atoms with Crippen LogP contribution in [0.3, 0.4) is 0 Å². The molecule has 0 aliphatic carbocycles. The maximum atomic E-state index is 12.3. The first kappa shape index (κ1) is 23.5. The molecule has 0 unspecified atom stereocenters. The summed E-state index contributed by atoms with van der Waals surface area (Å²) < 4.78 is 16.3. The Balaban J connectivity index is 1.50. The van der Waals surface area contributed by atoms with Gasteiger partial charge in [0.25, 0.3) is 5.91 Å². The normalized spacial score (nSPS) is 10.6. The quantitative estimate of drug-likeness (QED) is 0.208. The van der Waals surface area contributed by atoms with E-state index in [2.05, 4.69) is 10.5 Å². The van der Waals surface area contributed by atoms with E-state index in [1.54, 1.807) is 72.8 Å². The smallest absolute Gasteiger partial charge is 0.343 e. The molecule has 0 aliphatic rings. The second-order valence-electron chi connectivity index (χ2n) is 6.99. The Labute approximate surface area is 193 Å². The van der Waals surface area contributed by atoms with Gasteiger partial charge in [-0.15, -0.1) is 0 Å². The molecule has 33 heavy (non-hydrogen) atoms. The third kappa shape index (κ3) is 7.21. The lowest BCUT2D eigenvalue weighted by Gasteiger charge is -2.06. The van der Waals surface area contributed by atoms with Crippen LogP contribution in [0, 0.1) is 0 Å². The maximum Gasteiger partial charge on any atom is 0.343 e. The van der Waals surface area contributed by atoms with E-state index in [4.69, 9.17) is 14.2 Å². The molecule has 0 atom stereocenters. The van der Waals surface area contributed by atoms with E-state index in [0.717, 1.165) is 17.7 Å². The zero-order valence-corrected chi connectivity index (χ0v) is 18.6. The molecule has 1 amide bonds. The molecule has 0 saturated heterocycles. The summed E-state index contributed by atoms with van der Waals surface area (Å²) in [5.74, 6) is 1.04. The predicted molar refractivity (Wildman–Crippen MR) is 126 cm³/mol. The van der Waals surface area contributed by atoms with Gasteiger partial charge in [0, 0.05) is 5.56 Å². The number of esters is 1. The average Bonchev–Trinajstić information content (AvgIpc) is 2.84. The van der Waals surface area contributed by atoms with Gasteiger partial charge in [0.15, 0.2) is 0 Å². The Kier molecular flexibility index (Phi) is 8.59. The molecule has 170 valence electrons. The first-order chi connectivity index (χ1) is 16.1. The van der Waals surface area contributed by atoms with Crippen molar-refractivity contribution in [3.05, 3.63) is 89.5 Å². The molecule has 0 spiro atoms. The molecule has 3 aromatic carbocycles. The Morgan fingerprint density at radius 3 is 1.97 bits per heavy atom. The van der Waals surface area contributed by atoms with Gasteiger partial charge in [-0.05, 0) is 91.7 Å². The summed E-state index contributed by atoms with van der Waals surface area (Å²) in [6.45, 7) is 5.12. The number of nitrogens with zero attached hydrogens (tertiary/aromatic N) is 1. The van der Waals surface area contributed by atoms with Gasteiger partial charge >= 0.3 is 5.97 Å². The molecule has 0 fully saturated rings. The molecular weight excluding hydrogens is 420 g/mol. The first-order valence-corrected chi connectivity index (χ1v) is 10.7. The van der Waals surface area contributed by atoms with E-state index in [9.17, 15) is 9.59 Å². The fraction of sp³-hybridized carbons (Fsp3) is 0.192. The number of benzene rings is 3. The second kappa shape index (κ2) is 12.0. The molecule has 0 bridgehead atoms. The number of nitrogens with one attached hydrogen (secondary N) is 1. The topological polar surface area (TPSA) is 86.2 Å². The van der Waals surface area contributed by atoms with Crippen molar-refractivity contribution in [2.45, 2.75) is 20.3 Å². The summed E-state index contributed by atoms with van der Waals surface area (Å²) in [7, 11) is 0. The maximum absolute atomic E-state index is 12.3. The standard InChI is InChI=1S/C26H26N2O5/c1-3-17-32-23-13-7-20(8-14-23)25(29)28-27-18-19-5-11-24(12-6-19)33-26(30)21-9-15-22(16-10-21)31-4-2/h5-16,18H,3-4,17H2,1-2H3,(H,28,29)/b27-18+. The second-order valence-corrected chi connectivity index (χ2v) is 6.99. The van der Waals surface area contributed by atoms with Gasteiger partial charge in [-0.3, -0.25) is 4.79 Å². The number of hydrogen-bond donors (Lipinski definition) is 1. The Morgan fingerprint density at radius 2 is 1.36 bits per heavy atom. The number of hydrazone groups is 1. The van der Waals surface area contributed by atoms with Gasteiger partial charge in [0.2, 0.25) is 0 Å². The van der Waals surface area contributed by atoms with E-state index in [0.29, 0.717) is 35.8 Å². The highest BCUT2D eigenvalue weighted by atomic mass is 16.5. The molecule has 3 aromatic rings. The SMILES string of the molecule is CCCOc1ccc(C(=O)N/N=C/c2ccc(OC(=O)c3ccc(OCC)cc3)cc2)cc1. The molecule has 7 heteroatoms. The van der Waals surface area contributed by atoms with Gasteiger partial charge in [-0.2, -0.15) is 5.10 Å². The van der Waals surface area contributed by atoms with Crippen LogP contribution in [0.5, 0.6) is 17.2 Å². The third-order valence-electron chi connectivity index (χ3n) is 4.46. The van der Waals surface area contributed by atoms with Crippen LogP contribution in [-0.2, 0) is 0 Å². The lowest BCUT2D eigenvalue weighted by molar-refractivity contribution is 0.0734. The lowest BCUT2D eigenvalue weighted by atomic mass is 10.2. The summed E-state index contributed by atoms with van der Waals surface area (Å²) in [6, 6.07) is 20.4. The number of amides is 1. The van der Waals surface area contributed by atoms with Gasteiger partial charge in [-0.25, -0.2) is 10.2 Å². The molecule has 0 aromatic heterocycles. The molecule has 0 radical (unpaired) electrons. The van der Waals surface area contributed by atoms with Crippen LogP contribution in [0.25, 0.3) is 0 Å². The van der Waals surface area contributed by atoms with Crippen molar-refractivity contribution in [3.63, 3.8) is 0 Å². The van der Waals surface area contributed by atoms with Crippen LogP contribution < -0.4 is 19.6 Å². The fourth-order valence-electron chi connectivity index (χ4n) is 2.79. The lowest BCUT2D eigenvalue weighted by Crippen LogP contribution is -2.17. The minimum absolute atomic E-state index is 0.325. The van der Waals surface area contributed by atoms with Crippen LogP contribution in [0.4, 0.5) is 0 Å². The predicted octanol–water partition coefficient (Wildman–Crippen LogP) is 4.86. The first-order valence-electron chi connectivity index (χ1n) is 10.7. The highest BCUT2D eigenvalue weighted by Gasteiger charge is 2.09. The highest BCUT2D eigenvalue weighted by Crippen LogP contribution is 2.16. The molecular formula is C26H26N2O5. The van der Waals surface area contributed by atoms with Crippen LogP contribution in [-0.4, -0.2) is 31.3 Å². The van der Waals surface area contributed by atoms with E-state index in [1.165, 1.54) is 6.21 Å². The third-order valence-corrected chi connectivity index (χ3v) is 4.46. The molecule has 3 rings (SSSR count). The van der Waals surface area contributed by atoms with Crippen LogP contribution in [0.1, 0.15) is 46.5 Å². The largest absolute Gasteiger partial charge is 0.494 e. The van der Waals surface area contributed by atoms with Crippen molar-refractivity contribution in [1.29, 1.82) is 0 Å². The van der Waals surface area contributed by atoms with Crippen molar-refractivity contribution < 1.29 is 23.8 Å². The molecule has 7 nitrogen and oxygen atoms in total. The minimum atomic E-state index is -0.460. The van der Waals surface area contributed by atoms with Gasteiger partial charge < -0.3 is 14.2 Å². The highest BCUT2D eigenvalue weighted by molar-refractivity contribution is 5.95. The molecule has 0 aliphatic heterocycles. The Morgan fingerprint density at radius 1 is 0.788 bits per heavy atom. The van der Waals surface area contributed by atoms with Gasteiger partial charge in [0.05, 0.1) is 25.0 Å². The van der Waals surface area contributed by atoms with E-state index in [1.807, 2.05) is 13.8 Å². The average molecular weight is 447 g/mol. The van der Waals surface area contributed by atoms with Gasteiger partial charge in [0.1, 0.15) is 17.2 Å². The molecule has 1 N–H and O–H groups in total. The van der Waals surface area contributed by atoms with E-state index >= 15 is 0 Å². The number of ether oxygens (including phenoxy) is 3. The number of carbonyl (C=O) groups excluding carboxylic acids is 2. The molecule has 0 heterocycles. The van der Waals surface area contributed by atoms with Crippen molar-refractivity contribution >= 4 is 18.1 Å². The summed E-state index contributed by atoms with van der Waals surface area (Å²) in [4.78, 5) is 24.5. The monoisotopic (exact) mass is 446 g/mol. The number of carbonyl (C=O) groups is 2. The van der Waals surface area contributed by atoms with Crippen molar-refractivity contribution in [1.82, 2.24) is 5.43 Å². The molecule has 0 saturated carbocycles. The summed E-state index contributed by atoms with van der Waals surface area (Å²) in [5.41, 5.74) is 4.13.